The lowest BCUT2D eigenvalue weighted by Gasteiger charge is -2.29. The third-order valence-electron chi connectivity index (χ3n) is 6.14. The van der Waals surface area contributed by atoms with Crippen molar-refractivity contribution in [2.75, 3.05) is 12.3 Å². The van der Waals surface area contributed by atoms with Gasteiger partial charge in [0.2, 0.25) is 0 Å². The SMILES string of the molecule is CC(=Nc1ccc(CN2CCc3cc(Cl)c(Cl)cc3C2)cc1)c1c(O)[nH]c2ccc(N)cc12. The molecule has 1 aliphatic rings. The Morgan fingerprint density at radius 1 is 1.06 bits per heavy atom. The number of aromatic nitrogens is 1. The highest BCUT2D eigenvalue weighted by Gasteiger charge is 2.18. The summed E-state index contributed by atoms with van der Waals surface area (Å²) in [6.45, 7) is 4.58. The Hall–Kier alpha value is -2.99. The molecular formula is C26H24Cl2N4O. The fourth-order valence-electron chi connectivity index (χ4n) is 4.49. The van der Waals surface area contributed by atoms with Gasteiger partial charge in [-0.25, -0.2) is 0 Å². The number of hydrogen-bond acceptors (Lipinski definition) is 4. The quantitative estimate of drug-likeness (QED) is 0.232. The summed E-state index contributed by atoms with van der Waals surface area (Å²) in [6.07, 6.45) is 0.965. The molecule has 0 amide bonds. The number of fused-ring (bicyclic) bond motifs is 2. The van der Waals surface area contributed by atoms with Crippen LogP contribution in [0.5, 0.6) is 5.88 Å². The molecule has 33 heavy (non-hydrogen) atoms. The van der Waals surface area contributed by atoms with Crippen LogP contribution in [0.4, 0.5) is 11.4 Å². The molecule has 0 bridgehead atoms. The van der Waals surface area contributed by atoms with E-state index in [1.807, 2.05) is 43.3 Å². The van der Waals surface area contributed by atoms with Crippen LogP contribution in [-0.4, -0.2) is 27.2 Å². The normalized spacial score (nSPS) is 14.6. The summed E-state index contributed by atoms with van der Waals surface area (Å²) in [7, 11) is 0. The van der Waals surface area contributed by atoms with E-state index >= 15 is 0 Å². The molecule has 0 radical (unpaired) electrons. The van der Waals surface area contributed by atoms with E-state index in [1.54, 1.807) is 6.07 Å². The molecule has 0 aliphatic carbocycles. The topological polar surface area (TPSA) is 77.6 Å². The van der Waals surface area contributed by atoms with E-state index in [2.05, 4.69) is 22.0 Å². The first-order valence-corrected chi connectivity index (χ1v) is 11.6. The van der Waals surface area contributed by atoms with Crippen molar-refractivity contribution in [3.05, 3.63) is 86.9 Å². The number of nitrogens with zero attached hydrogens (tertiary/aromatic N) is 2. The maximum absolute atomic E-state index is 10.4. The Morgan fingerprint density at radius 2 is 1.79 bits per heavy atom. The lowest BCUT2D eigenvalue weighted by atomic mass is 9.99. The second kappa shape index (κ2) is 8.75. The number of nitrogen functional groups attached to an aromatic ring is 1. The van der Waals surface area contributed by atoms with E-state index in [4.69, 9.17) is 33.9 Å². The smallest absolute Gasteiger partial charge is 0.198 e. The minimum atomic E-state index is 0.0974. The molecule has 7 heteroatoms. The molecule has 1 aromatic heterocycles. The molecule has 4 aromatic rings. The Balaban J connectivity index is 1.32. The van der Waals surface area contributed by atoms with Crippen LogP contribution in [0.15, 0.2) is 59.6 Å². The zero-order valence-corrected chi connectivity index (χ0v) is 19.7. The van der Waals surface area contributed by atoms with Crippen LogP contribution in [0, 0.1) is 0 Å². The molecule has 3 aromatic carbocycles. The minimum absolute atomic E-state index is 0.0974. The van der Waals surface area contributed by atoms with Gasteiger partial charge in [-0.15, -0.1) is 0 Å². The number of benzene rings is 3. The highest BCUT2D eigenvalue weighted by Crippen LogP contribution is 2.32. The van der Waals surface area contributed by atoms with Gasteiger partial charge in [-0.3, -0.25) is 9.89 Å². The molecule has 0 atom stereocenters. The number of hydrogen-bond donors (Lipinski definition) is 3. The molecule has 5 rings (SSSR count). The van der Waals surface area contributed by atoms with Crippen LogP contribution < -0.4 is 5.73 Å². The van der Waals surface area contributed by atoms with Gasteiger partial charge < -0.3 is 15.8 Å². The summed E-state index contributed by atoms with van der Waals surface area (Å²) in [5.41, 5.74) is 13.4. The minimum Gasteiger partial charge on any atom is -0.494 e. The van der Waals surface area contributed by atoms with Gasteiger partial charge in [-0.1, -0.05) is 35.3 Å². The molecule has 0 saturated carbocycles. The van der Waals surface area contributed by atoms with Crippen LogP contribution in [-0.2, 0) is 19.5 Å². The van der Waals surface area contributed by atoms with Gasteiger partial charge in [-0.05, 0) is 72.5 Å². The molecule has 5 nitrogen and oxygen atoms in total. The van der Waals surface area contributed by atoms with Gasteiger partial charge >= 0.3 is 0 Å². The predicted octanol–water partition coefficient (Wildman–Crippen LogP) is 6.46. The maximum atomic E-state index is 10.4. The summed E-state index contributed by atoms with van der Waals surface area (Å²) in [5.74, 6) is 0.0974. The zero-order valence-electron chi connectivity index (χ0n) is 18.2. The highest BCUT2D eigenvalue weighted by atomic mass is 35.5. The first kappa shape index (κ1) is 21.8. The summed E-state index contributed by atoms with van der Waals surface area (Å²) < 4.78 is 0. The van der Waals surface area contributed by atoms with E-state index in [1.165, 1.54) is 16.7 Å². The number of anilines is 1. The third-order valence-corrected chi connectivity index (χ3v) is 6.86. The van der Waals surface area contributed by atoms with Crippen molar-refractivity contribution >= 4 is 51.2 Å². The molecule has 2 heterocycles. The van der Waals surface area contributed by atoms with Crippen LogP contribution in [0.25, 0.3) is 10.9 Å². The van der Waals surface area contributed by atoms with Crippen LogP contribution in [0.2, 0.25) is 10.0 Å². The van der Waals surface area contributed by atoms with E-state index < -0.39 is 0 Å². The molecular weight excluding hydrogens is 455 g/mol. The molecule has 168 valence electrons. The number of nitrogens with two attached hydrogens (primary N) is 1. The number of nitrogens with one attached hydrogen (secondary N) is 1. The summed E-state index contributed by atoms with van der Waals surface area (Å²) in [5, 5.41) is 12.5. The number of rotatable bonds is 4. The van der Waals surface area contributed by atoms with Gasteiger partial charge in [0.05, 0.1) is 27.0 Å². The average molecular weight is 479 g/mol. The van der Waals surface area contributed by atoms with E-state index in [0.717, 1.165) is 48.4 Å². The molecule has 0 fully saturated rings. The number of halogens is 2. The highest BCUT2D eigenvalue weighted by molar-refractivity contribution is 6.42. The van der Waals surface area contributed by atoms with Gasteiger partial charge in [0.1, 0.15) is 0 Å². The molecule has 0 saturated heterocycles. The van der Waals surface area contributed by atoms with Crippen molar-refractivity contribution in [2.45, 2.75) is 26.4 Å². The fourth-order valence-corrected chi connectivity index (χ4v) is 4.86. The van der Waals surface area contributed by atoms with Crippen molar-refractivity contribution < 1.29 is 5.11 Å². The molecule has 1 aliphatic heterocycles. The molecule has 0 unspecified atom stereocenters. The Morgan fingerprint density at radius 3 is 2.55 bits per heavy atom. The second-order valence-electron chi connectivity index (χ2n) is 8.51. The van der Waals surface area contributed by atoms with E-state index in [-0.39, 0.29) is 5.88 Å². The van der Waals surface area contributed by atoms with Crippen LogP contribution in [0.1, 0.15) is 29.2 Å². The summed E-state index contributed by atoms with van der Waals surface area (Å²) >= 11 is 12.4. The zero-order chi connectivity index (χ0) is 23.1. The van der Waals surface area contributed by atoms with Crippen LogP contribution >= 0.6 is 23.2 Å². The van der Waals surface area contributed by atoms with Crippen molar-refractivity contribution in [2.24, 2.45) is 4.99 Å². The largest absolute Gasteiger partial charge is 0.494 e. The van der Waals surface area contributed by atoms with Crippen molar-refractivity contribution in [3.8, 4) is 5.88 Å². The summed E-state index contributed by atoms with van der Waals surface area (Å²) in [6, 6.07) is 17.7. The first-order valence-electron chi connectivity index (χ1n) is 10.8. The number of H-pyrrole nitrogens is 1. The summed E-state index contributed by atoms with van der Waals surface area (Å²) in [4.78, 5) is 10.1. The third kappa shape index (κ3) is 4.44. The molecule has 4 N–H and O–H groups in total. The van der Waals surface area contributed by atoms with Crippen molar-refractivity contribution in [1.29, 1.82) is 0 Å². The van der Waals surface area contributed by atoms with Gasteiger partial charge in [-0.2, -0.15) is 0 Å². The average Bonchev–Trinajstić information content (AvgIpc) is 3.11. The standard InChI is InChI=1S/C26H24Cl2N4O/c1-15(25-21-12-19(29)4-7-24(21)31-26(25)33)30-20-5-2-16(3-6-20)13-32-9-8-17-10-22(27)23(28)11-18(17)14-32/h2-7,10-12,31,33H,8-9,13-14,29H2,1H3. The van der Waals surface area contributed by atoms with Crippen LogP contribution in [0.3, 0.4) is 0 Å². The number of aliphatic imine (C=N–C) groups is 1. The first-order chi connectivity index (χ1) is 15.9. The monoisotopic (exact) mass is 478 g/mol. The number of aromatic amines is 1. The van der Waals surface area contributed by atoms with Crippen molar-refractivity contribution in [3.63, 3.8) is 0 Å². The van der Waals surface area contributed by atoms with Crippen molar-refractivity contribution in [1.82, 2.24) is 9.88 Å². The maximum Gasteiger partial charge on any atom is 0.198 e. The fraction of sp³-hybridized carbons (Fsp3) is 0.192. The lowest BCUT2D eigenvalue weighted by molar-refractivity contribution is 0.245. The molecule has 0 spiro atoms. The van der Waals surface area contributed by atoms with Gasteiger partial charge in [0.15, 0.2) is 5.88 Å². The number of aromatic hydroxyl groups is 1. The van der Waals surface area contributed by atoms with Gasteiger partial charge in [0, 0.05) is 36.2 Å². The van der Waals surface area contributed by atoms with Gasteiger partial charge in [0.25, 0.3) is 0 Å². The Labute approximate surface area is 202 Å². The second-order valence-corrected chi connectivity index (χ2v) is 9.33. The van der Waals surface area contributed by atoms with E-state index in [0.29, 0.717) is 21.3 Å². The predicted molar refractivity (Wildman–Crippen MR) is 137 cm³/mol. The Kier molecular flexibility index (Phi) is 5.79. The Bertz CT molecular complexity index is 1380. The van der Waals surface area contributed by atoms with E-state index in [9.17, 15) is 5.11 Å². The lowest BCUT2D eigenvalue weighted by Crippen LogP contribution is -2.30.